The highest BCUT2D eigenvalue weighted by Crippen LogP contribution is 2.19. The molecule has 1 aromatic carbocycles. The monoisotopic (exact) mass is 264 g/mol. The maximum absolute atomic E-state index is 10.9. The van der Waals surface area contributed by atoms with Gasteiger partial charge in [0.15, 0.2) is 0 Å². The second-order valence-corrected chi connectivity index (χ2v) is 5.63. The molecule has 1 atom stereocenters. The lowest BCUT2D eigenvalue weighted by Gasteiger charge is -2.15. The Bertz CT molecular complexity index is 430. The molecular weight excluding hydrogens is 240 g/mol. The molecule has 1 rings (SSSR count). The molecule has 1 aromatic rings. The van der Waals surface area contributed by atoms with Gasteiger partial charge in [-0.05, 0) is 38.2 Å². The second-order valence-electron chi connectivity index (χ2n) is 5.63. The van der Waals surface area contributed by atoms with Crippen LogP contribution in [0.15, 0.2) is 18.2 Å². The molecular formula is C15H24N2O2. The van der Waals surface area contributed by atoms with Gasteiger partial charge in [-0.2, -0.15) is 0 Å². The van der Waals surface area contributed by atoms with Gasteiger partial charge in [-0.25, -0.2) is 0 Å². The summed E-state index contributed by atoms with van der Waals surface area (Å²) < 4.78 is 0. The third-order valence-electron chi connectivity index (χ3n) is 3.30. The van der Waals surface area contributed by atoms with Gasteiger partial charge in [-0.15, -0.1) is 0 Å². The Balaban J connectivity index is 2.54. The number of nitrogens with zero attached hydrogens (tertiary/aromatic N) is 1. The van der Waals surface area contributed by atoms with Gasteiger partial charge in [0, 0.05) is 24.2 Å². The van der Waals surface area contributed by atoms with Crippen LogP contribution in [-0.4, -0.2) is 11.0 Å². The van der Waals surface area contributed by atoms with Crippen molar-refractivity contribution < 1.29 is 4.92 Å². The maximum Gasteiger partial charge on any atom is 0.272 e. The van der Waals surface area contributed by atoms with E-state index in [1.54, 1.807) is 13.0 Å². The van der Waals surface area contributed by atoms with Crippen LogP contribution in [0.25, 0.3) is 0 Å². The molecule has 19 heavy (non-hydrogen) atoms. The molecule has 0 saturated heterocycles. The van der Waals surface area contributed by atoms with E-state index in [2.05, 4.69) is 26.1 Å². The number of nitro groups is 1. The predicted octanol–water partition coefficient (Wildman–Crippen LogP) is 3.82. The molecule has 0 aliphatic heterocycles. The average molecular weight is 264 g/mol. The summed E-state index contributed by atoms with van der Waals surface area (Å²) in [6, 6.07) is 5.86. The van der Waals surface area contributed by atoms with Gasteiger partial charge in [0.1, 0.15) is 0 Å². The summed E-state index contributed by atoms with van der Waals surface area (Å²) in [4.78, 5) is 10.6. The van der Waals surface area contributed by atoms with Crippen LogP contribution in [0.4, 0.5) is 5.69 Å². The summed E-state index contributed by atoms with van der Waals surface area (Å²) in [6.45, 7) is 9.04. The molecule has 0 aliphatic carbocycles. The van der Waals surface area contributed by atoms with Crippen LogP contribution in [0.3, 0.4) is 0 Å². The van der Waals surface area contributed by atoms with Crippen LogP contribution in [0.1, 0.15) is 44.7 Å². The Morgan fingerprint density at radius 1 is 1.26 bits per heavy atom. The zero-order chi connectivity index (χ0) is 14.4. The van der Waals surface area contributed by atoms with Crippen LogP contribution < -0.4 is 5.32 Å². The van der Waals surface area contributed by atoms with E-state index in [0.29, 0.717) is 24.1 Å². The highest BCUT2D eigenvalue weighted by molar-refractivity contribution is 5.42. The lowest BCUT2D eigenvalue weighted by atomic mass is 10.0. The summed E-state index contributed by atoms with van der Waals surface area (Å²) in [5.74, 6) is 0.713. The van der Waals surface area contributed by atoms with Crippen LogP contribution in [0.5, 0.6) is 0 Å². The third-order valence-corrected chi connectivity index (χ3v) is 3.30. The SMILES string of the molecule is Cc1ccc(CNC(C)CCC(C)C)cc1[N+](=O)[O-]. The van der Waals surface area contributed by atoms with E-state index in [-0.39, 0.29) is 10.6 Å². The molecule has 0 radical (unpaired) electrons. The Kier molecular flexibility index (Phi) is 5.96. The van der Waals surface area contributed by atoms with Crippen molar-refractivity contribution in [1.82, 2.24) is 5.32 Å². The highest BCUT2D eigenvalue weighted by atomic mass is 16.6. The first-order valence-electron chi connectivity index (χ1n) is 6.87. The number of benzene rings is 1. The van der Waals surface area contributed by atoms with E-state index >= 15 is 0 Å². The Morgan fingerprint density at radius 3 is 2.53 bits per heavy atom. The molecule has 4 heteroatoms. The summed E-state index contributed by atoms with van der Waals surface area (Å²) in [5.41, 5.74) is 1.88. The molecule has 0 aliphatic rings. The van der Waals surface area contributed by atoms with Gasteiger partial charge in [0.2, 0.25) is 0 Å². The molecule has 0 fully saturated rings. The summed E-state index contributed by atoms with van der Waals surface area (Å²) in [7, 11) is 0. The molecule has 0 heterocycles. The Hall–Kier alpha value is -1.42. The third kappa shape index (κ3) is 5.39. The zero-order valence-electron chi connectivity index (χ0n) is 12.3. The van der Waals surface area contributed by atoms with E-state index in [4.69, 9.17) is 0 Å². The van der Waals surface area contributed by atoms with Crippen LogP contribution in [0, 0.1) is 23.0 Å². The van der Waals surface area contributed by atoms with Crippen molar-refractivity contribution in [3.63, 3.8) is 0 Å². The van der Waals surface area contributed by atoms with Gasteiger partial charge in [-0.1, -0.05) is 26.0 Å². The molecule has 1 unspecified atom stereocenters. The number of aryl methyl sites for hydroxylation is 1. The Morgan fingerprint density at radius 2 is 1.95 bits per heavy atom. The van der Waals surface area contributed by atoms with E-state index in [1.165, 1.54) is 6.42 Å². The van der Waals surface area contributed by atoms with Crippen LogP contribution >= 0.6 is 0 Å². The number of hydrogen-bond donors (Lipinski definition) is 1. The van der Waals surface area contributed by atoms with E-state index in [9.17, 15) is 10.1 Å². The van der Waals surface area contributed by atoms with Crippen molar-refractivity contribution in [2.75, 3.05) is 0 Å². The van der Waals surface area contributed by atoms with Crippen LogP contribution in [0.2, 0.25) is 0 Å². The normalized spacial score (nSPS) is 12.7. The predicted molar refractivity (Wildman–Crippen MR) is 78.2 cm³/mol. The number of rotatable bonds is 7. The average Bonchev–Trinajstić information content (AvgIpc) is 2.35. The Labute approximate surface area is 115 Å². The highest BCUT2D eigenvalue weighted by Gasteiger charge is 2.11. The molecule has 0 bridgehead atoms. The first-order chi connectivity index (χ1) is 8.90. The molecule has 0 aromatic heterocycles. The largest absolute Gasteiger partial charge is 0.310 e. The zero-order valence-corrected chi connectivity index (χ0v) is 12.3. The van der Waals surface area contributed by atoms with Crippen molar-refractivity contribution in [2.45, 2.75) is 53.1 Å². The van der Waals surface area contributed by atoms with Crippen LogP contribution in [-0.2, 0) is 6.54 Å². The summed E-state index contributed by atoms with van der Waals surface area (Å²) in [6.07, 6.45) is 2.33. The van der Waals surface area contributed by atoms with Gasteiger partial charge in [0.05, 0.1) is 4.92 Å². The summed E-state index contributed by atoms with van der Waals surface area (Å²) >= 11 is 0. The molecule has 0 amide bonds. The molecule has 0 saturated carbocycles. The lowest BCUT2D eigenvalue weighted by Crippen LogP contribution is -2.25. The molecule has 4 nitrogen and oxygen atoms in total. The van der Waals surface area contributed by atoms with Crippen molar-refractivity contribution in [1.29, 1.82) is 0 Å². The van der Waals surface area contributed by atoms with Crippen molar-refractivity contribution >= 4 is 5.69 Å². The minimum absolute atomic E-state index is 0.203. The number of nitro benzene ring substituents is 1. The number of hydrogen-bond acceptors (Lipinski definition) is 3. The minimum Gasteiger partial charge on any atom is -0.310 e. The lowest BCUT2D eigenvalue weighted by molar-refractivity contribution is -0.385. The fourth-order valence-electron chi connectivity index (χ4n) is 1.94. The van der Waals surface area contributed by atoms with Gasteiger partial charge < -0.3 is 5.32 Å². The minimum atomic E-state index is -0.318. The van der Waals surface area contributed by atoms with E-state index in [1.807, 2.05) is 12.1 Å². The van der Waals surface area contributed by atoms with Gasteiger partial charge >= 0.3 is 0 Å². The van der Waals surface area contributed by atoms with E-state index < -0.39 is 0 Å². The first-order valence-corrected chi connectivity index (χ1v) is 6.87. The van der Waals surface area contributed by atoms with Gasteiger partial charge in [-0.3, -0.25) is 10.1 Å². The molecule has 1 N–H and O–H groups in total. The van der Waals surface area contributed by atoms with Crippen molar-refractivity contribution in [3.8, 4) is 0 Å². The quantitative estimate of drug-likeness (QED) is 0.601. The summed E-state index contributed by atoms with van der Waals surface area (Å²) in [5, 5.41) is 14.3. The second kappa shape index (κ2) is 7.24. The smallest absolute Gasteiger partial charge is 0.272 e. The standard InChI is InChI=1S/C15H24N2O2/c1-11(2)5-7-13(4)16-10-14-8-6-12(3)15(9-14)17(18)19/h6,8-9,11,13,16H,5,7,10H2,1-4H3. The first kappa shape index (κ1) is 15.6. The van der Waals surface area contributed by atoms with E-state index in [0.717, 1.165) is 12.0 Å². The topological polar surface area (TPSA) is 55.2 Å². The molecule has 0 spiro atoms. The molecule has 106 valence electrons. The van der Waals surface area contributed by atoms with Crippen molar-refractivity contribution in [2.24, 2.45) is 5.92 Å². The van der Waals surface area contributed by atoms with Gasteiger partial charge in [0.25, 0.3) is 5.69 Å². The van der Waals surface area contributed by atoms with Crippen molar-refractivity contribution in [3.05, 3.63) is 39.4 Å². The fraction of sp³-hybridized carbons (Fsp3) is 0.600. The maximum atomic E-state index is 10.9. The fourth-order valence-corrected chi connectivity index (χ4v) is 1.94. The number of nitrogens with one attached hydrogen (secondary N) is 1.